The Balaban J connectivity index is 2.40. The summed E-state index contributed by atoms with van der Waals surface area (Å²) in [7, 11) is 0. The smallest absolute Gasteiger partial charge is 0.138 e. The van der Waals surface area contributed by atoms with Gasteiger partial charge in [0.15, 0.2) is 0 Å². The first kappa shape index (κ1) is 7.73. The van der Waals surface area contributed by atoms with E-state index in [0.717, 1.165) is 26.1 Å². The Labute approximate surface area is 62.2 Å². The highest BCUT2D eigenvalue weighted by Gasteiger charge is 2.21. The van der Waals surface area contributed by atoms with Crippen LogP contribution >= 0.6 is 0 Å². The molecule has 10 heavy (non-hydrogen) atoms. The first-order chi connectivity index (χ1) is 4.74. The molecule has 2 nitrogen and oxygen atoms in total. The van der Waals surface area contributed by atoms with Crippen molar-refractivity contribution in [2.24, 2.45) is 5.92 Å². The lowest BCUT2D eigenvalue weighted by atomic mass is 9.99. The monoisotopic (exact) mass is 140 g/mol. The Kier molecular flexibility index (Phi) is 2.44. The second-order valence-electron chi connectivity index (χ2n) is 2.92. The van der Waals surface area contributed by atoms with Crippen LogP contribution < -0.4 is 0 Å². The highest BCUT2D eigenvalue weighted by Crippen LogP contribution is 2.10. The van der Waals surface area contributed by atoms with Crippen LogP contribution in [-0.2, 0) is 4.79 Å². The molecule has 1 rings (SSSR count). The SMILES string of the molecule is [CH2]CN1CCC(=O)C(C)C1. The Bertz CT molecular complexity index is 133. The number of nitrogens with zero attached hydrogens (tertiary/aromatic N) is 1. The van der Waals surface area contributed by atoms with E-state index in [1.807, 2.05) is 6.92 Å². The van der Waals surface area contributed by atoms with Gasteiger partial charge in [0.25, 0.3) is 0 Å². The molecule has 1 heterocycles. The van der Waals surface area contributed by atoms with Gasteiger partial charge >= 0.3 is 0 Å². The van der Waals surface area contributed by atoms with Crippen molar-refractivity contribution in [1.82, 2.24) is 4.90 Å². The third-order valence-corrected chi connectivity index (χ3v) is 2.07. The van der Waals surface area contributed by atoms with E-state index in [9.17, 15) is 4.79 Å². The summed E-state index contributed by atoms with van der Waals surface area (Å²) in [6.07, 6.45) is 0.719. The summed E-state index contributed by atoms with van der Waals surface area (Å²) in [6.45, 7) is 8.42. The molecule has 0 N–H and O–H groups in total. The van der Waals surface area contributed by atoms with Crippen LogP contribution in [-0.4, -0.2) is 30.3 Å². The Morgan fingerprint density at radius 3 is 3.00 bits per heavy atom. The zero-order chi connectivity index (χ0) is 7.56. The molecule has 1 aliphatic heterocycles. The van der Waals surface area contributed by atoms with E-state index >= 15 is 0 Å². The van der Waals surface area contributed by atoms with Crippen LogP contribution in [0.1, 0.15) is 13.3 Å². The third-order valence-electron chi connectivity index (χ3n) is 2.07. The first-order valence-corrected chi connectivity index (χ1v) is 3.78. The quantitative estimate of drug-likeness (QED) is 0.535. The van der Waals surface area contributed by atoms with E-state index in [1.165, 1.54) is 0 Å². The zero-order valence-corrected chi connectivity index (χ0v) is 6.47. The summed E-state index contributed by atoms with van der Waals surface area (Å²) >= 11 is 0. The molecule has 0 spiro atoms. The zero-order valence-electron chi connectivity index (χ0n) is 6.47. The number of ketones is 1. The van der Waals surface area contributed by atoms with E-state index in [2.05, 4.69) is 11.8 Å². The minimum Gasteiger partial charge on any atom is -0.302 e. The van der Waals surface area contributed by atoms with Crippen LogP contribution in [0.15, 0.2) is 0 Å². The molecule has 0 aromatic rings. The van der Waals surface area contributed by atoms with Crippen molar-refractivity contribution in [3.05, 3.63) is 6.92 Å². The lowest BCUT2D eigenvalue weighted by Crippen LogP contribution is -2.39. The molecular weight excluding hydrogens is 126 g/mol. The van der Waals surface area contributed by atoms with Crippen molar-refractivity contribution in [3.8, 4) is 0 Å². The van der Waals surface area contributed by atoms with E-state index in [4.69, 9.17) is 0 Å². The average molecular weight is 140 g/mol. The number of Topliss-reactive ketones (excluding diaryl/α,β-unsaturated/α-hetero) is 1. The number of hydrogen-bond acceptors (Lipinski definition) is 2. The molecule has 1 radical (unpaired) electrons. The minimum absolute atomic E-state index is 0.232. The Hall–Kier alpha value is -0.370. The van der Waals surface area contributed by atoms with Crippen LogP contribution in [0.5, 0.6) is 0 Å². The average Bonchev–Trinajstić information content (AvgIpc) is 1.95. The second-order valence-corrected chi connectivity index (χ2v) is 2.92. The molecule has 0 saturated carbocycles. The highest BCUT2D eigenvalue weighted by atomic mass is 16.1. The van der Waals surface area contributed by atoms with Gasteiger partial charge in [0.1, 0.15) is 5.78 Å². The number of carbonyl (C=O) groups excluding carboxylic acids is 1. The van der Waals surface area contributed by atoms with Crippen LogP contribution in [0.25, 0.3) is 0 Å². The van der Waals surface area contributed by atoms with Crippen molar-refractivity contribution in [2.75, 3.05) is 19.6 Å². The molecule has 0 amide bonds. The van der Waals surface area contributed by atoms with Crippen molar-refractivity contribution in [2.45, 2.75) is 13.3 Å². The van der Waals surface area contributed by atoms with Crippen LogP contribution in [0.4, 0.5) is 0 Å². The van der Waals surface area contributed by atoms with Crippen molar-refractivity contribution in [3.63, 3.8) is 0 Å². The van der Waals surface area contributed by atoms with E-state index in [0.29, 0.717) is 5.78 Å². The van der Waals surface area contributed by atoms with Crippen LogP contribution in [0.3, 0.4) is 0 Å². The van der Waals surface area contributed by atoms with Crippen LogP contribution in [0.2, 0.25) is 0 Å². The number of likely N-dealkylation sites (tertiary alicyclic amines) is 1. The predicted molar refractivity (Wildman–Crippen MR) is 40.6 cm³/mol. The van der Waals surface area contributed by atoms with Crippen molar-refractivity contribution >= 4 is 5.78 Å². The van der Waals surface area contributed by atoms with Gasteiger partial charge < -0.3 is 4.90 Å². The standard InChI is InChI=1S/C8H14NO/c1-3-9-5-4-8(10)7(2)6-9/h7H,1,3-6H2,2H3. The molecule has 1 fully saturated rings. The third kappa shape index (κ3) is 1.57. The van der Waals surface area contributed by atoms with Gasteiger partial charge in [0, 0.05) is 25.4 Å². The highest BCUT2D eigenvalue weighted by molar-refractivity contribution is 5.81. The van der Waals surface area contributed by atoms with E-state index in [-0.39, 0.29) is 5.92 Å². The molecule has 1 saturated heterocycles. The molecule has 0 bridgehead atoms. The second kappa shape index (κ2) is 3.15. The fraction of sp³-hybridized carbons (Fsp3) is 0.750. The topological polar surface area (TPSA) is 20.3 Å². The van der Waals surface area contributed by atoms with Gasteiger partial charge in [-0.25, -0.2) is 0 Å². The Morgan fingerprint density at radius 2 is 2.50 bits per heavy atom. The summed E-state index contributed by atoms with van der Waals surface area (Å²) in [6, 6.07) is 0. The lowest BCUT2D eigenvalue weighted by Gasteiger charge is -2.28. The molecule has 1 unspecified atom stereocenters. The fourth-order valence-electron chi connectivity index (χ4n) is 1.30. The first-order valence-electron chi connectivity index (χ1n) is 3.78. The number of piperidine rings is 1. The predicted octanol–water partition coefficient (Wildman–Crippen LogP) is 0.731. The minimum atomic E-state index is 0.232. The molecule has 1 aliphatic rings. The molecule has 0 aliphatic carbocycles. The Morgan fingerprint density at radius 1 is 1.80 bits per heavy atom. The lowest BCUT2D eigenvalue weighted by molar-refractivity contribution is -0.125. The summed E-state index contributed by atoms with van der Waals surface area (Å²) in [4.78, 5) is 13.2. The maximum Gasteiger partial charge on any atom is 0.138 e. The molecule has 57 valence electrons. The van der Waals surface area contributed by atoms with Gasteiger partial charge in [-0.05, 0) is 13.5 Å². The number of rotatable bonds is 1. The van der Waals surface area contributed by atoms with Crippen LogP contribution in [0, 0.1) is 12.8 Å². The van der Waals surface area contributed by atoms with E-state index < -0.39 is 0 Å². The molecule has 0 aromatic carbocycles. The van der Waals surface area contributed by atoms with Gasteiger partial charge in [-0.1, -0.05) is 6.92 Å². The molecule has 1 atom stereocenters. The van der Waals surface area contributed by atoms with Crippen molar-refractivity contribution < 1.29 is 4.79 Å². The summed E-state index contributed by atoms with van der Waals surface area (Å²) in [5.74, 6) is 0.639. The van der Waals surface area contributed by atoms with Gasteiger partial charge in [-0.2, -0.15) is 0 Å². The van der Waals surface area contributed by atoms with Crippen molar-refractivity contribution in [1.29, 1.82) is 0 Å². The maximum absolute atomic E-state index is 11.0. The molecular formula is C8H14NO. The molecule has 2 heteroatoms. The van der Waals surface area contributed by atoms with Gasteiger partial charge in [-0.15, -0.1) is 0 Å². The normalized spacial score (nSPS) is 29.0. The number of hydrogen-bond donors (Lipinski definition) is 0. The van der Waals surface area contributed by atoms with E-state index in [1.54, 1.807) is 0 Å². The molecule has 0 aromatic heterocycles. The summed E-state index contributed by atoms with van der Waals surface area (Å²) in [5.41, 5.74) is 0. The largest absolute Gasteiger partial charge is 0.302 e. The summed E-state index contributed by atoms with van der Waals surface area (Å²) in [5, 5.41) is 0. The van der Waals surface area contributed by atoms with Gasteiger partial charge in [0.05, 0.1) is 0 Å². The van der Waals surface area contributed by atoms with Gasteiger partial charge in [0.2, 0.25) is 0 Å². The maximum atomic E-state index is 11.0. The fourth-order valence-corrected chi connectivity index (χ4v) is 1.30. The number of carbonyl (C=O) groups is 1. The van der Waals surface area contributed by atoms with Gasteiger partial charge in [-0.3, -0.25) is 4.79 Å². The summed E-state index contributed by atoms with van der Waals surface area (Å²) < 4.78 is 0.